The monoisotopic (exact) mass is 285 g/mol. The van der Waals surface area contributed by atoms with Crippen molar-refractivity contribution in [1.29, 1.82) is 0 Å². The van der Waals surface area contributed by atoms with Crippen molar-refractivity contribution in [3.63, 3.8) is 0 Å². The Hall–Kier alpha value is -2.63. The number of amides is 1. The summed E-state index contributed by atoms with van der Waals surface area (Å²) in [7, 11) is 0. The molecule has 6 nitrogen and oxygen atoms in total. The zero-order chi connectivity index (χ0) is 15.0. The summed E-state index contributed by atoms with van der Waals surface area (Å²) in [6, 6.07) is 5.32. The molecule has 6 heteroatoms. The maximum Gasteiger partial charge on any atom is 0.293 e. The summed E-state index contributed by atoms with van der Waals surface area (Å²) in [5.41, 5.74) is 2.42. The van der Waals surface area contributed by atoms with Crippen LogP contribution < -0.4 is 4.90 Å². The zero-order valence-corrected chi connectivity index (χ0v) is 11.6. The fourth-order valence-corrected chi connectivity index (χ4v) is 2.46. The van der Waals surface area contributed by atoms with Crippen LogP contribution in [0, 0.1) is 0 Å². The first-order valence-electron chi connectivity index (χ1n) is 6.82. The molecule has 0 fully saturated rings. The molecule has 0 unspecified atom stereocenters. The van der Waals surface area contributed by atoms with Gasteiger partial charge in [-0.3, -0.25) is 9.59 Å². The standard InChI is InChI=1S/C15H15N3O3/c1-2-3-13(19)10-7-18(15(21)14(10)20)9-4-5-11-12(6-9)17-8-16-11/h4-6,8,20H,2-3,7H2,1H3,(H,16,17). The Balaban J connectivity index is 1.91. The molecule has 0 aliphatic carbocycles. The second kappa shape index (κ2) is 5.05. The maximum absolute atomic E-state index is 12.1. The predicted molar refractivity (Wildman–Crippen MR) is 78.0 cm³/mol. The normalized spacial score (nSPS) is 15.3. The van der Waals surface area contributed by atoms with Gasteiger partial charge in [-0.15, -0.1) is 0 Å². The van der Waals surface area contributed by atoms with Gasteiger partial charge in [-0.05, 0) is 24.6 Å². The van der Waals surface area contributed by atoms with Gasteiger partial charge in [-0.25, -0.2) is 4.98 Å². The van der Waals surface area contributed by atoms with Crippen molar-refractivity contribution in [2.24, 2.45) is 0 Å². The van der Waals surface area contributed by atoms with Crippen molar-refractivity contribution < 1.29 is 14.7 Å². The van der Waals surface area contributed by atoms with Crippen LogP contribution in [-0.2, 0) is 9.59 Å². The van der Waals surface area contributed by atoms with E-state index in [1.165, 1.54) is 4.90 Å². The summed E-state index contributed by atoms with van der Waals surface area (Å²) < 4.78 is 0. The van der Waals surface area contributed by atoms with E-state index >= 15 is 0 Å². The number of benzene rings is 1. The molecule has 3 rings (SSSR count). The third-order valence-electron chi connectivity index (χ3n) is 3.58. The Bertz CT molecular complexity index is 760. The van der Waals surface area contributed by atoms with Crippen molar-refractivity contribution >= 4 is 28.4 Å². The number of aromatic amines is 1. The lowest BCUT2D eigenvalue weighted by atomic mass is 10.1. The van der Waals surface area contributed by atoms with Gasteiger partial charge in [0.2, 0.25) is 0 Å². The molecule has 21 heavy (non-hydrogen) atoms. The number of aliphatic hydroxyl groups excluding tert-OH is 1. The Morgan fingerprint density at radius 2 is 2.29 bits per heavy atom. The molecule has 0 saturated carbocycles. The van der Waals surface area contributed by atoms with Crippen molar-refractivity contribution in [3.05, 3.63) is 35.9 Å². The third-order valence-corrected chi connectivity index (χ3v) is 3.58. The number of hydrogen-bond acceptors (Lipinski definition) is 4. The van der Waals surface area contributed by atoms with Crippen LogP contribution in [0.5, 0.6) is 0 Å². The molecule has 0 bridgehead atoms. The molecule has 0 atom stereocenters. The second-order valence-electron chi connectivity index (χ2n) is 5.00. The van der Waals surface area contributed by atoms with Crippen LogP contribution in [0.1, 0.15) is 19.8 Å². The van der Waals surface area contributed by atoms with Crippen LogP contribution in [0.4, 0.5) is 5.69 Å². The molecule has 1 aromatic heterocycles. The third kappa shape index (κ3) is 2.18. The minimum Gasteiger partial charge on any atom is -0.503 e. The molecule has 1 amide bonds. The summed E-state index contributed by atoms with van der Waals surface area (Å²) in [5.74, 6) is -1.14. The van der Waals surface area contributed by atoms with Crippen LogP contribution in [-0.4, -0.2) is 33.3 Å². The topological polar surface area (TPSA) is 86.3 Å². The number of carbonyl (C=O) groups is 2. The highest BCUT2D eigenvalue weighted by atomic mass is 16.3. The van der Waals surface area contributed by atoms with Gasteiger partial charge in [0.25, 0.3) is 5.91 Å². The maximum atomic E-state index is 12.1. The lowest BCUT2D eigenvalue weighted by Gasteiger charge is -2.16. The lowest BCUT2D eigenvalue weighted by Crippen LogP contribution is -2.27. The van der Waals surface area contributed by atoms with Crippen molar-refractivity contribution in [2.75, 3.05) is 11.4 Å². The number of hydrogen-bond donors (Lipinski definition) is 2. The van der Waals surface area contributed by atoms with Gasteiger partial charge in [-0.2, -0.15) is 0 Å². The van der Waals surface area contributed by atoms with Crippen molar-refractivity contribution in [3.8, 4) is 0 Å². The van der Waals surface area contributed by atoms with Gasteiger partial charge in [0.1, 0.15) is 0 Å². The number of aliphatic hydroxyl groups is 1. The number of H-pyrrole nitrogens is 1. The zero-order valence-electron chi connectivity index (χ0n) is 11.6. The molecule has 0 radical (unpaired) electrons. The number of nitrogens with zero attached hydrogens (tertiary/aromatic N) is 2. The van der Waals surface area contributed by atoms with Gasteiger partial charge >= 0.3 is 0 Å². The molecule has 1 aliphatic rings. The number of nitrogens with one attached hydrogen (secondary N) is 1. The van der Waals surface area contributed by atoms with Gasteiger partial charge in [0.15, 0.2) is 11.5 Å². The quantitative estimate of drug-likeness (QED) is 0.900. The molecule has 1 aliphatic heterocycles. The highest BCUT2D eigenvalue weighted by Crippen LogP contribution is 2.27. The minimum atomic E-state index is -0.534. The second-order valence-corrected chi connectivity index (χ2v) is 5.00. The van der Waals surface area contributed by atoms with E-state index in [4.69, 9.17) is 0 Å². The number of carbonyl (C=O) groups excluding carboxylic acids is 2. The largest absolute Gasteiger partial charge is 0.503 e. The average molecular weight is 285 g/mol. The van der Waals surface area contributed by atoms with Gasteiger partial charge in [0, 0.05) is 12.1 Å². The molecule has 0 spiro atoms. The predicted octanol–water partition coefficient (Wildman–Crippen LogP) is 2.09. The smallest absolute Gasteiger partial charge is 0.293 e. The van der Waals surface area contributed by atoms with E-state index in [9.17, 15) is 14.7 Å². The summed E-state index contributed by atoms with van der Waals surface area (Å²) in [6.45, 7) is 2.00. The van der Waals surface area contributed by atoms with Crippen molar-refractivity contribution in [1.82, 2.24) is 9.97 Å². The molecule has 2 aromatic rings. The Labute approximate surface area is 121 Å². The fraction of sp³-hybridized carbons (Fsp3) is 0.267. The van der Waals surface area contributed by atoms with E-state index in [1.54, 1.807) is 24.5 Å². The Kier molecular flexibility index (Phi) is 3.21. The van der Waals surface area contributed by atoms with Gasteiger partial charge in [-0.1, -0.05) is 6.92 Å². The highest BCUT2D eigenvalue weighted by molar-refractivity contribution is 6.15. The first-order valence-corrected chi connectivity index (χ1v) is 6.82. The van der Waals surface area contributed by atoms with E-state index in [0.717, 1.165) is 11.0 Å². The fourth-order valence-electron chi connectivity index (χ4n) is 2.46. The van der Waals surface area contributed by atoms with Crippen LogP contribution in [0.15, 0.2) is 35.9 Å². The number of rotatable bonds is 4. The number of ketones is 1. The molecule has 1 aromatic carbocycles. The molecule has 0 saturated heterocycles. The Morgan fingerprint density at radius 3 is 3.05 bits per heavy atom. The van der Waals surface area contributed by atoms with Gasteiger partial charge in [0.05, 0.1) is 29.5 Å². The first-order chi connectivity index (χ1) is 10.1. The van der Waals surface area contributed by atoms with Crippen LogP contribution >= 0.6 is 0 Å². The van der Waals surface area contributed by atoms with Gasteiger partial charge < -0.3 is 15.0 Å². The van der Waals surface area contributed by atoms with E-state index in [2.05, 4.69) is 9.97 Å². The molecule has 2 N–H and O–H groups in total. The minimum absolute atomic E-state index is 0.114. The van der Waals surface area contributed by atoms with E-state index in [0.29, 0.717) is 18.5 Å². The summed E-state index contributed by atoms with van der Waals surface area (Å²) in [5, 5.41) is 9.91. The highest BCUT2D eigenvalue weighted by Gasteiger charge is 2.34. The molecular weight excluding hydrogens is 270 g/mol. The number of anilines is 1. The van der Waals surface area contributed by atoms with E-state index in [-0.39, 0.29) is 17.9 Å². The number of fused-ring (bicyclic) bond motifs is 1. The summed E-state index contributed by atoms with van der Waals surface area (Å²) >= 11 is 0. The molecule has 2 heterocycles. The lowest BCUT2D eigenvalue weighted by molar-refractivity contribution is -0.118. The molecule has 108 valence electrons. The van der Waals surface area contributed by atoms with E-state index in [1.807, 2.05) is 6.92 Å². The van der Waals surface area contributed by atoms with Crippen LogP contribution in [0.2, 0.25) is 0 Å². The number of Topliss-reactive ketones (excluding diaryl/α,β-unsaturated/α-hetero) is 1. The Morgan fingerprint density at radius 1 is 1.48 bits per heavy atom. The van der Waals surface area contributed by atoms with E-state index < -0.39 is 11.7 Å². The van der Waals surface area contributed by atoms with Crippen molar-refractivity contribution in [2.45, 2.75) is 19.8 Å². The van der Waals surface area contributed by atoms with Crippen LogP contribution in [0.25, 0.3) is 11.0 Å². The van der Waals surface area contributed by atoms with Crippen LogP contribution in [0.3, 0.4) is 0 Å². The molecular formula is C15H15N3O3. The first kappa shape index (κ1) is 13.4. The number of imidazole rings is 1. The summed E-state index contributed by atoms with van der Waals surface area (Å²) in [4.78, 5) is 32.6. The number of aromatic nitrogens is 2. The summed E-state index contributed by atoms with van der Waals surface area (Å²) in [6.07, 6.45) is 2.59. The SMILES string of the molecule is CCCC(=O)C1=C(O)C(=O)N(c2ccc3nc[nH]c3c2)C1. The average Bonchev–Trinajstić information content (AvgIpc) is 3.05.